The number of amides is 1. The van der Waals surface area contributed by atoms with E-state index in [2.05, 4.69) is 15.3 Å². The van der Waals surface area contributed by atoms with E-state index in [1.807, 2.05) is 0 Å². The molecule has 0 fully saturated rings. The number of ether oxygens (including phenoxy) is 2. The van der Waals surface area contributed by atoms with E-state index < -0.39 is 35.9 Å². The van der Waals surface area contributed by atoms with Gasteiger partial charge in [0.2, 0.25) is 0 Å². The maximum atomic E-state index is 12.8. The summed E-state index contributed by atoms with van der Waals surface area (Å²) in [6.45, 7) is 0.342. The van der Waals surface area contributed by atoms with Gasteiger partial charge in [-0.3, -0.25) is 9.59 Å². The number of nitrogens with one attached hydrogen (secondary N) is 2. The van der Waals surface area contributed by atoms with Crippen molar-refractivity contribution < 1.29 is 46.9 Å². The zero-order valence-electron chi connectivity index (χ0n) is 23.1. The van der Waals surface area contributed by atoms with Crippen molar-refractivity contribution in [3.8, 4) is 34.4 Å². The average molecular weight is 618 g/mol. The summed E-state index contributed by atoms with van der Waals surface area (Å²) in [6.07, 6.45) is -4.64. The van der Waals surface area contributed by atoms with Crippen LogP contribution in [0.4, 0.5) is 13.2 Å². The van der Waals surface area contributed by atoms with Gasteiger partial charge in [-0.2, -0.15) is 13.2 Å². The molecule has 1 amide bonds. The Labute approximate surface area is 248 Å². The number of phenols is 1. The van der Waals surface area contributed by atoms with Gasteiger partial charge in [0.25, 0.3) is 5.91 Å². The molecule has 2 heterocycles. The fourth-order valence-electron chi connectivity index (χ4n) is 4.01. The fourth-order valence-corrected chi connectivity index (χ4v) is 4.01. The normalized spacial score (nSPS) is 12.9. The SMILES string of the molecule is NC(=O)c1cc(OCCNCC(O)COC(=O)[C@@H](N)Cc2ccc(-c3ccc(-c4nc(C(F)(F)F)c[nH]4)o3)cc2)ccc1O. The maximum absolute atomic E-state index is 12.8. The van der Waals surface area contributed by atoms with Crippen LogP contribution in [0.3, 0.4) is 0 Å². The number of aliphatic hydroxyl groups excluding tert-OH is 1. The molecule has 0 bridgehead atoms. The molecule has 0 aliphatic rings. The zero-order chi connectivity index (χ0) is 31.9. The standard InChI is InChI=1S/C29H30F3N5O7/c30-29(31,32)25-14-36-27(37-25)24-8-7-23(44-24)17-3-1-16(2-4-17)11-21(33)28(41)43-15-18(38)13-35-9-10-42-19-5-6-22(39)20(12-19)26(34)40/h1-8,12,14,18,21,35,38-39H,9-11,13,15,33H2,(H2,34,40)(H,36,37)/t18?,21-/m0/s1. The third kappa shape index (κ3) is 8.59. The summed E-state index contributed by atoms with van der Waals surface area (Å²) in [4.78, 5) is 29.6. The van der Waals surface area contributed by atoms with Crippen LogP contribution >= 0.6 is 0 Å². The molecular weight excluding hydrogens is 587 g/mol. The lowest BCUT2D eigenvalue weighted by molar-refractivity contribution is -0.148. The fraction of sp³-hybridized carbons (Fsp3) is 0.276. The van der Waals surface area contributed by atoms with Crippen molar-refractivity contribution in [2.45, 2.75) is 24.7 Å². The van der Waals surface area contributed by atoms with Crippen LogP contribution in [-0.2, 0) is 22.1 Å². The first-order valence-electron chi connectivity index (χ1n) is 13.3. The Morgan fingerprint density at radius 2 is 1.82 bits per heavy atom. The molecule has 8 N–H and O–H groups in total. The molecule has 0 saturated heterocycles. The Hall–Kier alpha value is -4.86. The highest BCUT2D eigenvalue weighted by molar-refractivity contribution is 5.95. The second-order valence-corrected chi connectivity index (χ2v) is 9.68. The predicted molar refractivity (Wildman–Crippen MR) is 150 cm³/mol. The molecule has 1 unspecified atom stereocenters. The van der Waals surface area contributed by atoms with Crippen LogP contribution in [0.5, 0.6) is 11.5 Å². The first kappa shape index (κ1) is 32.1. The summed E-state index contributed by atoms with van der Waals surface area (Å²) in [5.74, 6) is -0.890. The van der Waals surface area contributed by atoms with Crippen LogP contribution in [0, 0.1) is 0 Å². The number of rotatable bonds is 14. The molecule has 4 aromatic rings. The Bertz CT molecular complexity index is 1570. The minimum Gasteiger partial charge on any atom is -0.507 e. The van der Waals surface area contributed by atoms with Crippen molar-refractivity contribution in [3.05, 3.63) is 77.6 Å². The Balaban J connectivity index is 1.16. The number of benzene rings is 2. The van der Waals surface area contributed by atoms with Crippen LogP contribution in [0.25, 0.3) is 22.9 Å². The number of aliphatic hydroxyl groups is 1. The molecule has 12 nitrogen and oxygen atoms in total. The minimum atomic E-state index is -4.57. The Kier molecular flexibility index (Phi) is 10.3. The van der Waals surface area contributed by atoms with Crippen LogP contribution in [0.2, 0.25) is 0 Å². The van der Waals surface area contributed by atoms with Crippen LogP contribution in [-0.4, -0.2) is 70.5 Å². The molecule has 15 heteroatoms. The number of imidazole rings is 1. The number of H-pyrrole nitrogens is 1. The van der Waals surface area contributed by atoms with Gasteiger partial charge in [-0.25, -0.2) is 4.98 Å². The van der Waals surface area contributed by atoms with E-state index in [1.165, 1.54) is 24.3 Å². The number of nitrogens with two attached hydrogens (primary N) is 2. The van der Waals surface area contributed by atoms with Crippen molar-refractivity contribution in [2.24, 2.45) is 11.5 Å². The highest BCUT2D eigenvalue weighted by Gasteiger charge is 2.34. The van der Waals surface area contributed by atoms with Crippen molar-refractivity contribution in [1.82, 2.24) is 15.3 Å². The van der Waals surface area contributed by atoms with E-state index in [0.717, 1.165) is 11.8 Å². The molecule has 0 spiro atoms. The van der Waals surface area contributed by atoms with E-state index in [0.29, 0.717) is 23.6 Å². The van der Waals surface area contributed by atoms with Gasteiger partial charge in [0.15, 0.2) is 17.3 Å². The van der Waals surface area contributed by atoms with Gasteiger partial charge in [0, 0.05) is 24.8 Å². The Morgan fingerprint density at radius 3 is 2.50 bits per heavy atom. The van der Waals surface area contributed by atoms with E-state index >= 15 is 0 Å². The summed E-state index contributed by atoms with van der Waals surface area (Å²) in [5, 5.41) is 22.6. The number of hydrogen-bond donors (Lipinski definition) is 6. The Morgan fingerprint density at radius 1 is 1.09 bits per heavy atom. The number of alkyl halides is 3. The molecule has 0 radical (unpaired) electrons. The first-order chi connectivity index (χ1) is 20.9. The predicted octanol–water partition coefficient (Wildman–Crippen LogP) is 2.60. The molecule has 0 aliphatic carbocycles. The monoisotopic (exact) mass is 617 g/mol. The smallest absolute Gasteiger partial charge is 0.434 e. The molecule has 44 heavy (non-hydrogen) atoms. The summed E-state index contributed by atoms with van der Waals surface area (Å²) in [5.41, 5.74) is 11.4. The van der Waals surface area contributed by atoms with Crippen molar-refractivity contribution in [3.63, 3.8) is 0 Å². The number of esters is 1. The summed E-state index contributed by atoms with van der Waals surface area (Å²) >= 11 is 0. The third-order valence-corrected chi connectivity index (χ3v) is 6.28. The van der Waals surface area contributed by atoms with Gasteiger partial charge >= 0.3 is 12.1 Å². The second-order valence-electron chi connectivity index (χ2n) is 9.68. The van der Waals surface area contributed by atoms with Crippen molar-refractivity contribution in [1.29, 1.82) is 0 Å². The van der Waals surface area contributed by atoms with Gasteiger partial charge < -0.3 is 45.9 Å². The number of halogens is 3. The second kappa shape index (κ2) is 14.1. The van der Waals surface area contributed by atoms with Gasteiger partial charge in [-0.1, -0.05) is 24.3 Å². The summed E-state index contributed by atoms with van der Waals surface area (Å²) in [7, 11) is 0. The third-order valence-electron chi connectivity index (χ3n) is 6.28. The number of hydrogen-bond acceptors (Lipinski definition) is 10. The summed E-state index contributed by atoms with van der Waals surface area (Å²) < 4.78 is 54.7. The van der Waals surface area contributed by atoms with Gasteiger partial charge in [-0.15, -0.1) is 0 Å². The molecular formula is C29H30F3N5O7. The lowest BCUT2D eigenvalue weighted by Gasteiger charge is -2.15. The van der Waals surface area contributed by atoms with Crippen LogP contribution in [0.15, 0.2) is 65.2 Å². The first-order valence-corrected chi connectivity index (χ1v) is 13.3. The number of nitrogens with zero attached hydrogens (tertiary/aromatic N) is 1. The van der Waals surface area contributed by atoms with Crippen molar-refractivity contribution in [2.75, 3.05) is 26.3 Å². The number of carbonyl (C=O) groups excluding carboxylic acids is 2. The maximum Gasteiger partial charge on any atom is 0.434 e. The number of carbonyl (C=O) groups is 2. The number of aromatic nitrogens is 2. The molecule has 2 atom stereocenters. The van der Waals surface area contributed by atoms with Crippen LogP contribution < -0.4 is 21.5 Å². The van der Waals surface area contributed by atoms with E-state index in [4.69, 9.17) is 25.4 Å². The van der Waals surface area contributed by atoms with E-state index in [1.54, 1.807) is 30.3 Å². The lowest BCUT2D eigenvalue weighted by atomic mass is 10.0. The molecule has 2 aromatic carbocycles. The lowest BCUT2D eigenvalue weighted by Crippen LogP contribution is -2.38. The van der Waals surface area contributed by atoms with Gasteiger partial charge in [0.1, 0.15) is 42.6 Å². The van der Waals surface area contributed by atoms with Crippen LogP contribution in [0.1, 0.15) is 21.6 Å². The highest BCUT2D eigenvalue weighted by atomic mass is 19.4. The average Bonchev–Trinajstić information content (AvgIpc) is 3.67. The number of primary amides is 1. The minimum absolute atomic E-state index is 0.0495. The molecule has 0 aliphatic heterocycles. The molecule has 2 aromatic heterocycles. The largest absolute Gasteiger partial charge is 0.507 e. The van der Waals surface area contributed by atoms with E-state index in [-0.39, 0.29) is 49.1 Å². The number of furan rings is 1. The molecule has 234 valence electrons. The van der Waals surface area contributed by atoms with Crippen molar-refractivity contribution >= 4 is 11.9 Å². The number of aromatic hydroxyl groups is 1. The van der Waals surface area contributed by atoms with Gasteiger partial charge in [0.05, 0.1) is 5.56 Å². The van der Waals surface area contributed by atoms with E-state index in [9.17, 15) is 33.0 Å². The number of aromatic amines is 1. The molecule has 4 rings (SSSR count). The quantitative estimate of drug-likeness (QED) is 0.0903. The zero-order valence-corrected chi connectivity index (χ0v) is 23.1. The molecule has 0 saturated carbocycles. The van der Waals surface area contributed by atoms with Gasteiger partial charge in [-0.05, 0) is 42.3 Å². The highest BCUT2D eigenvalue weighted by Crippen LogP contribution is 2.31. The summed E-state index contributed by atoms with van der Waals surface area (Å²) in [6, 6.07) is 13.1. The topological polar surface area (TPSA) is 199 Å².